The van der Waals surface area contributed by atoms with Gasteiger partial charge >= 0.3 is 0 Å². The molecule has 0 amide bonds. The minimum atomic E-state index is -0.283. The Balaban J connectivity index is 1.86. The molecule has 1 unspecified atom stereocenters. The van der Waals surface area contributed by atoms with Crippen molar-refractivity contribution < 1.29 is 4.39 Å². The maximum absolute atomic E-state index is 13.2. The average molecular weight is 304 g/mol. The minimum absolute atomic E-state index is 0.188. The molecule has 1 N–H and O–H groups in total. The van der Waals surface area contributed by atoms with Crippen LogP contribution in [0.4, 0.5) is 4.39 Å². The number of halogens is 2. The highest BCUT2D eigenvalue weighted by Gasteiger charge is 2.49. The van der Waals surface area contributed by atoms with Crippen LogP contribution in [0.5, 0.6) is 0 Å². The highest BCUT2D eigenvalue weighted by molar-refractivity contribution is 6.31. The molecule has 0 radical (unpaired) electrons. The van der Waals surface area contributed by atoms with Crippen LogP contribution in [-0.2, 0) is 11.8 Å². The molecule has 1 saturated carbocycles. The molecule has 110 valence electrons. The molecule has 0 aliphatic heterocycles. The minimum Gasteiger partial charge on any atom is -0.316 e. The topological polar surface area (TPSA) is 12.0 Å². The van der Waals surface area contributed by atoms with Gasteiger partial charge in [-0.3, -0.25) is 0 Å². The Bertz CT molecular complexity index is 622. The second-order valence-corrected chi connectivity index (χ2v) is 6.21. The van der Waals surface area contributed by atoms with Gasteiger partial charge in [0.25, 0.3) is 0 Å². The fraction of sp³-hybridized carbons (Fsp3) is 0.333. The fourth-order valence-corrected chi connectivity index (χ4v) is 3.47. The van der Waals surface area contributed by atoms with Crippen LogP contribution in [0.15, 0.2) is 48.5 Å². The molecule has 0 bridgehead atoms. The second kappa shape index (κ2) is 5.78. The number of likely N-dealkylation sites (N-methyl/N-ethyl adjacent to an activating group) is 1. The van der Waals surface area contributed by atoms with E-state index in [1.807, 2.05) is 13.1 Å². The number of rotatable bonds is 5. The lowest BCUT2D eigenvalue weighted by molar-refractivity contribution is 0.442. The Hall–Kier alpha value is -1.38. The highest BCUT2D eigenvalue weighted by Crippen LogP contribution is 2.51. The van der Waals surface area contributed by atoms with Crippen molar-refractivity contribution in [3.8, 4) is 0 Å². The monoisotopic (exact) mass is 303 g/mol. The summed E-state index contributed by atoms with van der Waals surface area (Å²) in [6.45, 7) is 0. The summed E-state index contributed by atoms with van der Waals surface area (Å²) >= 11 is 6.18. The van der Waals surface area contributed by atoms with Gasteiger partial charge in [0.05, 0.1) is 0 Å². The number of hydrogen-bond acceptors (Lipinski definition) is 1. The van der Waals surface area contributed by atoms with Gasteiger partial charge in [-0.25, -0.2) is 4.39 Å². The number of hydrogen-bond donors (Lipinski definition) is 1. The smallest absolute Gasteiger partial charge is 0.124 e. The van der Waals surface area contributed by atoms with Crippen molar-refractivity contribution in [2.24, 2.45) is 0 Å². The van der Waals surface area contributed by atoms with Crippen molar-refractivity contribution in [2.45, 2.75) is 30.7 Å². The third kappa shape index (κ3) is 2.83. The summed E-state index contributed by atoms with van der Waals surface area (Å²) in [4.78, 5) is 0. The molecule has 1 aliphatic carbocycles. The van der Waals surface area contributed by atoms with Gasteiger partial charge in [-0.2, -0.15) is 0 Å². The van der Waals surface area contributed by atoms with E-state index in [0.29, 0.717) is 11.1 Å². The first kappa shape index (κ1) is 14.6. The molecule has 2 aromatic rings. The van der Waals surface area contributed by atoms with Gasteiger partial charge < -0.3 is 5.32 Å². The molecule has 1 aliphatic rings. The van der Waals surface area contributed by atoms with Crippen LogP contribution >= 0.6 is 11.6 Å². The molecule has 0 heterocycles. The summed E-state index contributed by atoms with van der Waals surface area (Å²) in [5, 5.41) is 3.95. The van der Waals surface area contributed by atoms with Gasteiger partial charge in [0.15, 0.2) is 0 Å². The molecule has 0 spiro atoms. The summed E-state index contributed by atoms with van der Waals surface area (Å²) < 4.78 is 13.2. The predicted octanol–water partition coefficient (Wildman–Crippen LogP) is 4.34. The zero-order chi connectivity index (χ0) is 14.9. The lowest BCUT2D eigenvalue weighted by Gasteiger charge is -2.28. The Morgan fingerprint density at radius 2 is 1.90 bits per heavy atom. The standard InChI is InChI=1S/C18H19ClFN/c1-21-17(11-13-7-8-15(20)12-16(13)19)18(9-10-18)14-5-3-2-4-6-14/h2-8,12,17,21H,9-11H2,1H3. The predicted molar refractivity (Wildman–Crippen MR) is 85.3 cm³/mol. The van der Waals surface area contributed by atoms with Crippen molar-refractivity contribution in [2.75, 3.05) is 7.05 Å². The van der Waals surface area contributed by atoms with Crippen LogP contribution in [0.25, 0.3) is 0 Å². The zero-order valence-corrected chi connectivity index (χ0v) is 12.8. The van der Waals surface area contributed by atoms with E-state index in [9.17, 15) is 4.39 Å². The zero-order valence-electron chi connectivity index (χ0n) is 12.1. The van der Waals surface area contributed by atoms with E-state index >= 15 is 0 Å². The Morgan fingerprint density at radius 3 is 2.48 bits per heavy atom. The fourth-order valence-electron chi connectivity index (χ4n) is 3.22. The SMILES string of the molecule is CNC(Cc1ccc(F)cc1Cl)C1(c2ccccc2)CC1. The molecule has 0 saturated heterocycles. The van der Waals surface area contributed by atoms with Crippen molar-refractivity contribution in [1.82, 2.24) is 5.32 Å². The molecule has 2 aromatic carbocycles. The van der Waals surface area contributed by atoms with Gasteiger partial charge in [0, 0.05) is 16.5 Å². The second-order valence-electron chi connectivity index (χ2n) is 5.80. The number of nitrogens with one attached hydrogen (secondary N) is 1. The molecule has 0 aromatic heterocycles. The van der Waals surface area contributed by atoms with Crippen LogP contribution < -0.4 is 5.32 Å². The average Bonchev–Trinajstić information content (AvgIpc) is 3.29. The van der Waals surface area contributed by atoms with Gasteiger partial charge in [-0.05, 0) is 49.6 Å². The maximum atomic E-state index is 13.2. The van der Waals surface area contributed by atoms with E-state index in [-0.39, 0.29) is 11.2 Å². The van der Waals surface area contributed by atoms with Crippen molar-refractivity contribution >= 4 is 11.6 Å². The lowest BCUT2D eigenvalue weighted by atomic mass is 9.84. The Labute approximate surface area is 130 Å². The van der Waals surface area contributed by atoms with Gasteiger partial charge in [0.2, 0.25) is 0 Å². The summed E-state index contributed by atoms with van der Waals surface area (Å²) in [5.41, 5.74) is 2.57. The van der Waals surface area contributed by atoms with Crippen molar-refractivity contribution in [3.63, 3.8) is 0 Å². The molecule has 1 nitrogen and oxygen atoms in total. The van der Waals surface area contributed by atoms with Gasteiger partial charge in [0.1, 0.15) is 5.82 Å². The third-order valence-electron chi connectivity index (χ3n) is 4.59. The van der Waals surface area contributed by atoms with Crippen LogP contribution in [0, 0.1) is 5.82 Å². The molecule has 3 rings (SSSR count). The van der Waals surface area contributed by atoms with E-state index < -0.39 is 0 Å². The normalized spacial score (nSPS) is 17.5. The first-order valence-corrected chi connectivity index (χ1v) is 7.70. The summed E-state index contributed by atoms with van der Waals surface area (Å²) in [6, 6.07) is 15.6. The van der Waals surface area contributed by atoms with E-state index in [2.05, 4.69) is 29.6 Å². The summed E-state index contributed by atoms with van der Waals surface area (Å²) in [5.74, 6) is -0.283. The summed E-state index contributed by atoms with van der Waals surface area (Å²) in [7, 11) is 1.99. The molecular weight excluding hydrogens is 285 g/mol. The van der Waals surface area contributed by atoms with Crippen molar-refractivity contribution in [3.05, 3.63) is 70.5 Å². The molecule has 21 heavy (non-hydrogen) atoms. The van der Waals surface area contributed by atoms with Crippen LogP contribution in [0.1, 0.15) is 24.0 Å². The van der Waals surface area contributed by atoms with Crippen LogP contribution in [0.3, 0.4) is 0 Å². The van der Waals surface area contributed by atoms with E-state index in [1.165, 1.54) is 30.5 Å². The largest absolute Gasteiger partial charge is 0.316 e. The first-order chi connectivity index (χ1) is 10.2. The quantitative estimate of drug-likeness (QED) is 0.866. The van der Waals surface area contributed by atoms with Crippen LogP contribution in [0.2, 0.25) is 5.02 Å². The lowest BCUT2D eigenvalue weighted by Crippen LogP contribution is -2.39. The third-order valence-corrected chi connectivity index (χ3v) is 4.94. The molecule has 1 atom stereocenters. The molecule has 1 fully saturated rings. The van der Waals surface area contributed by atoms with Crippen molar-refractivity contribution in [1.29, 1.82) is 0 Å². The maximum Gasteiger partial charge on any atom is 0.124 e. The Kier molecular flexibility index (Phi) is 4.01. The van der Waals surface area contributed by atoms with E-state index in [4.69, 9.17) is 11.6 Å². The Morgan fingerprint density at radius 1 is 1.19 bits per heavy atom. The van der Waals surface area contributed by atoms with Crippen LogP contribution in [-0.4, -0.2) is 13.1 Å². The highest BCUT2D eigenvalue weighted by atomic mass is 35.5. The van der Waals surface area contributed by atoms with E-state index in [1.54, 1.807) is 6.07 Å². The van der Waals surface area contributed by atoms with E-state index in [0.717, 1.165) is 12.0 Å². The van der Waals surface area contributed by atoms with Gasteiger partial charge in [-0.15, -0.1) is 0 Å². The van der Waals surface area contributed by atoms with Gasteiger partial charge in [-0.1, -0.05) is 48.0 Å². The summed E-state index contributed by atoms with van der Waals surface area (Å²) in [6.07, 6.45) is 3.17. The molecular formula is C18H19ClFN. The molecule has 3 heteroatoms. The first-order valence-electron chi connectivity index (χ1n) is 7.32. The number of benzene rings is 2.